The molecule has 2 atom stereocenters. The van der Waals surface area contributed by atoms with Crippen LogP contribution in [0.1, 0.15) is 52.9 Å². The van der Waals surface area contributed by atoms with Crippen molar-refractivity contribution < 1.29 is 14.3 Å². The first-order valence-electron chi connectivity index (χ1n) is 8.72. The fraction of sp³-hybridized carbons (Fsp3) is 0.632. The Kier molecular flexibility index (Phi) is 9.18. The van der Waals surface area contributed by atoms with E-state index in [0.29, 0.717) is 18.1 Å². The lowest BCUT2D eigenvalue weighted by Gasteiger charge is -2.20. The minimum absolute atomic E-state index is 0.0368. The van der Waals surface area contributed by atoms with Crippen LogP contribution >= 0.6 is 0 Å². The topological polar surface area (TPSA) is 47.6 Å². The number of carbonyl (C=O) groups excluding carboxylic acids is 1. The second-order valence-electron chi connectivity index (χ2n) is 5.86. The van der Waals surface area contributed by atoms with Crippen LogP contribution in [0.25, 0.3) is 0 Å². The van der Waals surface area contributed by atoms with E-state index in [1.807, 2.05) is 25.1 Å². The monoisotopic (exact) mass is 321 g/mol. The summed E-state index contributed by atoms with van der Waals surface area (Å²) in [4.78, 5) is 12.4. The van der Waals surface area contributed by atoms with Crippen LogP contribution in [0.3, 0.4) is 0 Å². The molecule has 0 spiro atoms. The molecule has 0 saturated carbocycles. The maximum Gasteiger partial charge on any atom is 0.261 e. The predicted molar refractivity (Wildman–Crippen MR) is 94.0 cm³/mol. The Balaban J connectivity index is 2.53. The van der Waals surface area contributed by atoms with E-state index in [-0.39, 0.29) is 5.91 Å². The number of unbranched alkanes of at least 4 members (excludes halogenated alkanes) is 1. The molecule has 0 radical (unpaired) electrons. The van der Waals surface area contributed by atoms with Gasteiger partial charge in [0, 0.05) is 12.6 Å². The molecule has 0 aliphatic heterocycles. The molecule has 1 aromatic carbocycles. The van der Waals surface area contributed by atoms with Gasteiger partial charge in [-0.15, -0.1) is 0 Å². The zero-order chi connectivity index (χ0) is 17.1. The summed E-state index contributed by atoms with van der Waals surface area (Å²) in [5.74, 6) is 1.89. The van der Waals surface area contributed by atoms with Crippen molar-refractivity contribution in [3.63, 3.8) is 0 Å². The van der Waals surface area contributed by atoms with E-state index in [0.717, 1.165) is 18.7 Å². The molecule has 130 valence electrons. The molecule has 1 amide bonds. The van der Waals surface area contributed by atoms with E-state index in [1.54, 1.807) is 13.2 Å². The van der Waals surface area contributed by atoms with Gasteiger partial charge in [-0.1, -0.05) is 46.1 Å². The second-order valence-corrected chi connectivity index (χ2v) is 5.86. The summed E-state index contributed by atoms with van der Waals surface area (Å²) < 4.78 is 11.0. The SMILES string of the molecule is CCCC[C@@H](CC)CNC(=O)[C@@H](CC)Oc1cccc(OC)c1. The van der Waals surface area contributed by atoms with Crippen molar-refractivity contribution in [1.29, 1.82) is 0 Å². The van der Waals surface area contributed by atoms with Crippen molar-refractivity contribution in [3.05, 3.63) is 24.3 Å². The van der Waals surface area contributed by atoms with Gasteiger partial charge in [-0.05, 0) is 30.9 Å². The van der Waals surface area contributed by atoms with Crippen LogP contribution in [0.4, 0.5) is 0 Å². The van der Waals surface area contributed by atoms with Gasteiger partial charge in [0.05, 0.1) is 7.11 Å². The molecule has 0 fully saturated rings. The normalized spacial score (nSPS) is 13.2. The standard InChI is InChI=1S/C19H31NO3/c1-5-8-10-15(6-2)14-20-19(21)18(7-3)23-17-12-9-11-16(13-17)22-4/h9,11-13,15,18H,5-8,10,14H2,1-4H3,(H,20,21)/t15-,18-/m1/s1. The Bertz CT molecular complexity index is 462. The van der Waals surface area contributed by atoms with Gasteiger partial charge in [0.2, 0.25) is 0 Å². The van der Waals surface area contributed by atoms with Crippen molar-refractivity contribution in [3.8, 4) is 11.5 Å². The van der Waals surface area contributed by atoms with E-state index >= 15 is 0 Å². The lowest BCUT2D eigenvalue weighted by Crippen LogP contribution is -2.40. The fourth-order valence-corrected chi connectivity index (χ4v) is 2.46. The zero-order valence-corrected chi connectivity index (χ0v) is 14.9. The van der Waals surface area contributed by atoms with Gasteiger partial charge in [-0.3, -0.25) is 4.79 Å². The number of amides is 1. The number of benzene rings is 1. The molecular weight excluding hydrogens is 290 g/mol. The fourth-order valence-electron chi connectivity index (χ4n) is 2.46. The van der Waals surface area contributed by atoms with Gasteiger partial charge < -0.3 is 14.8 Å². The van der Waals surface area contributed by atoms with Crippen LogP contribution in [0.2, 0.25) is 0 Å². The number of hydrogen-bond donors (Lipinski definition) is 1. The summed E-state index contributed by atoms with van der Waals surface area (Å²) in [5.41, 5.74) is 0. The number of rotatable bonds is 11. The highest BCUT2D eigenvalue weighted by Gasteiger charge is 2.19. The lowest BCUT2D eigenvalue weighted by molar-refractivity contribution is -0.128. The maximum absolute atomic E-state index is 12.4. The summed E-state index contributed by atoms with van der Waals surface area (Å²) >= 11 is 0. The van der Waals surface area contributed by atoms with Crippen molar-refractivity contribution in [2.24, 2.45) is 5.92 Å². The summed E-state index contributed by atoms with van der Waals surface area (Å²) in [7, 11) is 1.62. The molecule has 0 bridgehead atoms. The minimum Gasteiger partial charge on any atom is -0.497 e. The van der Waals surface area contributed by atoms with Crippen LogP contribution in [-0.2, 0) is 4.79 Å². The van der Waals surface area contributed by atoms with Crippen LogP contribution in [0, 0.1) is 5.92 Å². The van der Waals surface area contributed by atoms with Crippen molar-refractivity contribution >= 4 is 5.91 Å². The van der Waals surface area contributed by atoms with Crippen molar-refractivity contribution in [2.45, 2.75) is 59.0 Å². The average Bonchev–Trinajstić information content (AvgIpc) is 2.59. The zero-order valence-electron chi connectivity index (χ0n) is 14.9. The summed E-state index contributed by atoms with van der Waals surface area (Å²) in [6.45, 7) is 7.06. The number of ether oxygens (including phenoxy) is 2. The highest BCUT2D eigenvalue weighted by atomic mass is 16.5. The first-order valence-corrected chi connectivity index (χ1v) is 8.72. The van der Waals surface area contributed by atoms with E-state index in [1.165, 1.54) is 19.3 Å². The summed E-state index contributed by atoms with van der Waals surface area (Å²) in [5, 5.41) is 3.05. The molecule has 0 saturated heterocycles. The van der Waals surface area contributed by atoms with E-state index in [2.05, 4.69) is 19.2 Å². The Morgan fingerprint density at radius 3 is 2.52 bits per heavy atom. The third-order valence-corrected chi connectivity index (χ3v) is 4.09. The van der Waals surface area contributed by atoms with Gasteiger partial charge in [0.25, 0.3) is 5.91 Å². The molecule has 0 heterocycles. The number of hydrogen-bond acceptors (Lipinski definition) is 3. The molecule has 0 aromatic heterocycles. The molecule has 4 nitrogen and oxygen atoms in total. The molecule has 23 heavy (non-hydrogen) atoms. The molecule has 0 unspecified atom stereocenters. The van der Waals surface area contributed by atoms with Crippen LogP contribution in [0.15, 0.2) is 24.3 Å². The van der Waals surface area contributed by atoms with Gasteiger partial charge in [0.15, 0.2) is 6.10 Å². The molecule has 1 rings (SSSR count). The molecule has 1 aromatic rings. The summed E-state index contributed by atoms with van der Waals surface area (Å²) in [6.07, 6.45) is 4.84. The third-order valence-electron chi connectivity index (χ3n) is 4.09. The smallest absolute Gasteiger partial charge is 0.261 e. The highest BCUT2D eigenvalue weighted by molar-refractivity contribution is 5.81. The molecule has 0 aliphatic rings. The van der Waals surface area contributed by atoms with Crippen LogP contribution < -0.4 is 14.8 Å². The van der Waals surface area contributed by atoms with Gasteiger partial charge in [0.1, 0.15) is 11.5 Å². The second kappa shape index (κ2) is 10.9. The van der Waals surface area contributed by atoms with Gasteiger partial charge in [-0.2, -0.15) is 0 Å². The molecular formula is C19H31NO3. The van der Waals surface area contributed by atoms with E-state index in [9.17, 15) is 4.79 Å². The summed E-state index contributed by atoms with van der Waals surface area (Å²) in [6, 6.07) is 7.35. The predicted octanol–water partition coefficient (Wildman–Crippen LogP) is 4.19. The highest BCUT2D eigenvalue weighted by Crippen LogP contribution is 2.20. The molecule has 1 N–H and O–H groups in total. The van der Waals surface area contributed by atoms with E-state index in [4.69, 9.17) is 9.47 Å². The lowest BCUT2D eigenvalue weighted by atomic mass is 9.99. The Hall–Kier alpha value is -1.71. The van der Waals surface area contributed by atoms with Crippen LogP contribution in [0.5, 0.6) is 11.5 Å². The van der Waals surface area contributed by atoms with Crippen molar-refractivity contribution in [2.75, 3.05) is 13.7 Å². The van der Waals surface area contributed by atoms with Gasteiger partial charge >= 0.3 is 0 Å². The minimum atomic E-state index is -0.467. The van der Waals surface area contributed by atoms with Crippen LogP contribution in [-0.4, -0.2) is 25.7 Å². The first-order chi connectivity index (χ1) is 11.1. The van der Waals surface area contributed by atoms with Gasteiger partial charge in [-0.25, -0.2) is 0 Å². The number of methoxy groups -OCH3 is 1. The van der Waals surface area contributed by atoms with E-state index < -0.39 is 6.10 Å². The third kappa shape index (κ3) is 6.93. The maximum atomic E-state index is 12.4. The Morgan fingerprint density at radius 1 is 1.17 bits per heavy atom. The Morgan fingerprint density at radius 2 is 1.91 bits per heavy atom. The number of carbonyl (C=O) groups is 1. The average molecular weight is 321 g/mol. The molecule has 4 heteroatoms. The first kappa shape index (κ1) is 19.3. The quantitative estimate of drug-likeness (QED) is 0.665. The Labute approximate surface area is 140 Å². The van der Waals surface area contributed by atoms with Crippen molar-refractivity contribution in [1.82, 2.24) is 5.32 Å². The molecule has 0 aliphatic carbocycles. The number of nitrogens with one attached hydrogen (secondary N) is 1. The largest absolute Gasteiger partial charge is 0.497 e.